The summed E-state index contributed by atoms with van der Waals surface area (Å²) in [4.78, 5) is 13.2. The van der Waals surface area contributed by atoms with E-state index in [-0.39, 0.29) is 11.7 Å². The summed E-state index contributed by atoms with van der Waals surface area (Å²) in [5, 5.41) is 12.5. The van der Waals surface area contributed by atoms with Gasteiger partial charge in [0, 0.05) is 25.2 Å². The molecule has 1 N–H and O–H groups in total. The second kappa shape index (κ2) is 8.80. The Labute approximate surface area is 172 Å². The summed E-state index contributed by atoms with van der Waals surface area (Å²) in [6.07, 6.45) is 2.47. The second-order valence-corrected chi connectivity index (χ2v) is 8.18. The van der Waals surface area contributed by atoms with Crippen molar-refractivity contribution in [3.05, 3.63) is 76.5 Å². The number of rotatable bonds is 6. The first-order chi connectivity index (χ1) is 14.2. The molecular formula is C22H22FN3O2S. The molecule has 1 amide bonds. The number of hydrogen-bond acceptors (Lipinski definition) is 5. The number of aromatic nitrogens is 2. The van der Waals surface area contributed by atoms with Gasteiger partial charge in [-0.15, -0.1) is 10.2 Å². The number of ether oxygens (including phenoxy) is 1. The van der Waals surface area contributed by atoms with Gasteiger partial charge in [0.2, 0.25) is 11.0 Å². The van der Waals surface area contributed by atoms with Crippen molar-refractivity contribution in [3.63, 3.8) is 0 Å². The smallest absolute Gasteiger partial charge is 0.237 e. The molecule has 1 aliphatic rings. The van der Waals surface area contributed by atoms with Gasteiger partial charge in [0.05, 0.1) is 5.41 Å². The fraction of sp³-hybridized carbons (Fsp3) is 0.318. The quantitative estimate of drug-likeness (QED) is 0.662. The molecule has 5 nitrogen and oxygen atoms in total. The van der Waals surface area contributed by atoms with Crippen molar-refractivity contribution in [2.45, 2.75) is 31.1 Å². The molecule has 4 rings (SSSR count). The van der Waals surface area contributed by atoms with E-state index >= 15 is 0 Å². The maximum atomic E-state index is 14.5. The summed E-state index contributed by atoms with van der Waals surface area (Å²) in [5.41, 5.74) is 0.683. The number of halogens is 1. The van der Waals surface area contributed by atoms with E-state index in [2.05, 4.69) is 27.6 Å². The Kier molecular flexibility index (Phi) is 5.97. The predicted octanol–water partition coefficient (Wildman–Crippen LogP) is 4.15. The minimum Gasteiger partial charge on any atom is -0.381 e. The number of amides is 1. The van der Waals surface area contributed by atoms with Crippen LogP contribution in [0.15, 0.2) is 54.6 Å². The van der Waals surface area contributed by atoms with Crippen molar-refractivity contribution in [1.29, 1.82) is 0 Å². The predicted molar refractivity (Wildman–Crippen MR) is 111 cm³/mol. The zero-order valence-electron chi connectivity index (χ0n) is 15.9. The highest BCUT2D eigenvalue weighted by Crippen LogP contribution is 2.37. The number of nitrogens with zero attached hydrogens (tertiary/aromatic N) is 2. The number of nitrogens with one attached hydrogen (secondary N) is 1. The molecule has 29 heavy (non-hydrogen) atoms. The molecular weight excluding hydrogens is 389 g/mol. The maximum Gasteiger partial charge on any atom is 0.237 e. The van der Waals surface area contributed by atoms with Gasteiger partial charge in [-0.05, 0) is 30.9 Å². The summed E-state index contributed by atoms with van der Waals surface area (Å²) >= 11 is 1.36. The van der Waals surface area contributed by atoms with Gasteiger partial charge in [-0.1, -0.05) is 59.9 Å². The molecule has 150 valence electrons. The van der Waals surface area contributed by atoms with Crippen LogP contribution in [0.25, 0.3) is 0 Å². The van der Waals surface area contributed by atoms with E-state index in [1.54, 1.807) is 18.2 Å². The first-order valence-corrected chi connectivity index (χ1v) is 10.5. The fourth-order valence-corrected chi connectivity index (χ4v) is 4.44. The molecule has 0 unspecified atom stereocenters. The van der Waals surface area contributed by atoms with E-state index < -0.39 is 5.41 Å². The van der Waals surface area contributed by atoms with Crippen molar-refractivity contribution >= 4 is 22.4 Å². The van der Waals surface area contributed by atoms with Crippen LogP contribution < -0.4 is 5.32 Å². The third-order valence-electron chi connectivity index (χ3n) is 5.33. The zero-order chi connectivity index (χ0) is 20.1. The number of carbonyl (C=O) groups excluding carboxylic acids is 1. The third-order valence-corrected chi connectivity index (χ3v) is 6.23. The molecule has 1 fully saturated rings. The lowest BCUT2D eigenvalue weighted by Gasteiger charge is -2.36. The molecule has 0 atom stereocenters. The minimum absolute atomic E-state index is 0.253. The molecule has 1 aromatic heterocycles. The van der Waals surface area contributed by atoms with Crippen molar-refractivity contribution in [3.8, 4) is 0 Å². The summed E-state index contributed by atoms with van der Waals surface area (Å²) in [7, 11) is 0. The van der Waals surface area contributed by atoms with Crippen LogP contribution in [-0.4, -0.2) is 29.3 Å². The van der Waals surface area contributed by atoms with Gasteiger partial charge in [-0.25, -0.2) is 4.39 Å². The summed E-state index contributed by atoms with van der Waals surface area (Å²) < 4.78 is 20.0. The highest BCUT2D eigenvalue weighted by Gasteiger charge is 2.43. The van der Waals surface area contributed by atoms with Crippen LogP contribution in [0.4, 0.5) is 9.52 Å². The first-order valence-electron chi connectivity index (χ1n) is 9.68. The van der Waals surface area contributed by atoms with Gasteiger partial charge in [-0.3, -0.25) is 10.1 Å². The summed E-state index contributed by atoms with van der Waals surface area (Å²) in [6.45, 7) is 0.834. The largest absolute Gasteiger partial charge is 0.381 e. The van der Waals surface area contributed by atoms with Crippen LogP contribution >= 0.6 is 11.3 Å². The van der Waals surface area contributed by atoms with Gasteiger partial charge in [0.1, 0.15) is 10.8 Å². The Morgan fingerprint density at radius 1 is 1.03 bits per heavy atom. The summed E-state index contributed by atoms with van der Waals surface area (Å²) in [5.74, 6) is -0.623. The average Bonchev–Trinajstić information content (AvgIpc) is 3.21. The molecule has 0 bridgehead atoms. The van der Waals surface area contributed by atoms with E-state index in [9.17, 15) is 9.18 Å². The van der Waals surface area contributed by atoms with Crippen LogP contribution in [0, 0.1) is 5.82 Å². The molecule has 0 aliphatic carbocycles. The lowest BCUT2D eigenvalue weighted by molar-refractivity contribution is -0.125. The Bertz CT molecular complexity index is 971. The lowest BCUT2D eigenvalue weighted by Crippen LogP contribution is -2.45. The minimum atomic E-state index is -0.959. The normalized spacial score (nSPS) is 15.8. The molecule has 0 spiro atoms. The standard InChI is InChI=1S/C22H22FN3O2S/c23-18-9-5-4-8-17(18)22(12-14-28-15-13-22)20(27)24-21-26-25-19(29-21)11-10-16-6-2-1-3-7-16/h1-9H,10-15H2,(H,24,26,27). The molecule has 1 aliphatic heterocycles. The molecule has 0 radical (unpaired) electrons. The number of carbonyl (C=O) groups is 1. The van der Waals surface area contributed by atoms with Gasteiger partial charge < -0.3 is 4.74 Å². The Balaban J connectivity index is 1.48. The van der Waals surface area contributed by atoms with Crippen LogP contribution in [0.2, 0.25) is 0 Å². The fourth-order valence-electron chi connectivity index (χ4n) is 3.71. The van der Waals surface area contributed by atoms with Crippen molar-refractivity contribution in [2.24, 2.45) is 0 Å². The zero-order valence-corrected chi connectivity index (χ0v) is 16.8. The number of aryl methyl sites for hydroxylation is 2. The molecule has 2 heterocycles. The highest BCUT2D eigenvalue weighted by molar-refractivity contribution is 7.15. The molecule has 3 aromatic rings. The molecule has 7 heteroatoms. The Morgan fingerprint density at radius 2 is 1.76 bits per heavy atom. The van der Waals surface area contributed by atoms with E-state index in [0.717, 1.165) is 17.8 Å². The van der Waals surface area contributed by atoms with Crippen LogP contribution in [0.5, 0.6) is 0 Å². The van der Waals surface area contributed by atoms with E-state index in [1.807, 2.05) is 18.2 Å². The maximum absolute atomic E-state index is 14.5. The van der Waals surface area contributed by atoms with Crippen LogP contribution in [0.1, 0.15) is 29.0 Å². The van der Waals surface area contributed by atoms with Crippen molar-refractivity contribution in [2.75, 3.05) is 18.5 Å². The molecule has 2 aromatic carbocycles. The highest BCUT2D eigenvalue weighted by atomic mass is 32.1. The number of anilines is 1. The Hall–Kier alpha value is -2.64. The third kappa shape index (κ3) is 4.36. The topological polar surface area (TPSA) is 64.1 Å². The van der Waals surface area contributed by atoms with Crippen LogP contribution in [0.3, 0.4) is 0 Å². The van der Waals surface area contributed by atoms with E-state index in [1.165, 1.54) is 23.0 Å². The van der Waals surface area contributed by atoms with Crippen molar-refractivity contribution < 1.29 is 13.9 Å². The number of benzene rings is 2. The number of hydrogen-bond donors (Lipinski definition) is 1. The molecule has 0 saturated carbocycles. The molecule has 1 saturated heterocycles. The Morgan fingerprint density at radius 3 is 2.52 bits per heavy atom. The lowest BCUT2D eigenvalue weighted by atomic mass is 9.73. The van der Waals surface area contributed by atoms with Gasteiger partial charge in [0.25, 0.3) is 0 Å². The van der Waals surface area contributed by atoms with Gasteiger partial charge in [-0.2, -0.15) is 0 Å². The second-order valence-electron chi connectivity index (χ2n) is 7.12. The van der Waals surface area contributed by atoms with Crippen molar-refractivity contribution in [1.82, 2.24) is 10.2 Å². The first kappa shape index (κ1) is 19.7. The van der Waals surface area contributed by atoms with E-state index in [0.29, 0.717) is 36.8 Å². The van der Waals surface area contributed by atoms with E-state index in [4.69, 9.17) is 4.74 Å². The summed E-state index contributed by atoms with van der Waals surface area (Å²) in [6, 6.07) is 16.6. The van der Waals surface area contributed by atoms with Gasteiger partial charge in [0.15, 0.2) is 0 Å². The van der Waals surface area contributed by atoms with Gasteiger partial charge >= 0.3 is 0 Å². The van der Waals surface area contributed by atoms with Crippen LogP contribution in [-0.2, 0) is 27.8 Å². The monoisotopic (exact) mass is 411 g/mol. The average molecular weight is 412 g/mol. The SMILES string of the molecule is O=C(Nc1nnc(CCc2ccccc2)s1)C1(c2ccccc2F)CCOCC1.